The van der Waals surface area contributed by atoms with E-state index in [1.54, 1.807) is 17.1 Å². The standard InChI is InChI=1S/C24H27N5O3S/c30-24(27-22-6-1-3-18(13-22)15-28-17-25-16-26-28)20-9-11-29(12-10-20)33(31,32)23-8-7-19-4-2-5-21(19)14-23/h1,3,6-8,13-14,16-17,20H,2,4-5,9-12,15H2,(H,27,30). The highest BCUT2D eigenvalue weighted by molar-refractivity contribution is 7.89. The molecule has 1 N–H and O–H groups in total. The molecule has 33 heavy (non-hydrogen) atoms. The zero-order valence-corrected chi connectivity index (χ0v) is 19.2. The van der Waals surface area contributed by atoms with Gasteiger partial charge in [0, 0.05) is 24.7 Å². The lowest BCUT2D eigenvalue weighted by atomic mass is 9.97. The van der Waals surface area contributed by atoms with Crippen molar-refractivity contribution < 1.29 is 13.2 Å². The highest BCUT2D eigenvalue weighted by Crippen LogP contribution is 2.29. The van der Waals surface area contributed by atoms with Gasteiger partial charge < -0.3 is 5.32 Å². The first-order valence-corrected chi connectivity index (χ1v) is 12.8. The number of carbonyl (C=O) groups excluding carboxylic acids is 1. The average Bonchev–Trinajstić information content (AvgIpc) is 3.51. The number of amides is 1. The van der Waals surface area contributed by atoms with E-state index in [0.29, 0.717) is 37.4 Å². The first-order valence-electron chi connectivity index (χ1n) is 11.3. The van der Waals surface area contributed by atoms with Gasteiger partial charge in [0.2, 0.25) is 15.9 Å². The molecule has 0 saturated carbocycles. The highest BCUT2D eigenvalue weighted by Gasteiger charge is 2.32. The van der Waals surface area contributed by atoms with Gasteiger partial charge >= 0.3 is 0 Å². The molecule has 1 fully saturated rings. The van der Waals surface area contributed by atoms with Crippen LogP contribution in [0.25, 0.3) is 0 Å². The third-order valence-electron chi connectivity index (χ3n) is 6.54. The zero-order chi connectivity index (χ0) is 22.8. The Kier molecular flexibility index (Phi) is 5.99. The van der Waals surface area contributed by atoms with Crippen LogP contribution < -0.4 is 5.32 Å². The summed E-state index contributed by atoms with van der Waals surface area (Å²) in [5.41, 5.74) is 4.14. The van der Waals surface area contributed by atoms with Crippen molar-refractivity contribution in [3.05, 3.63) is 71.8 Å². The molecule has 2 aromatic carbocycles. The third kappa shape index (κ3) is 4.69. The van der Waals surface area contributed by atoms with Crippen molar-refractivity contribution >= 4 is 21.6 Å². The minimum Gasteiger partial charge on any atom is -0.326 e. The number of nitrogens with one attached hydrogen (secondary N) is 1. The van der Waals surface area contributed by atoms with Crippen LogP contribution in [-0.2, 0) is 34.2 Å². The monoisotopic (exact) mass is 465 g/mol. The van der Waals surface area contributed by atoms with Gasteiger partial charge in [-0.25, -0.2) is 18.1 Å². The Morgan fingerprint density at radius 3 is 2.67 bits per heavy atom. The maximum atomic E-state index is 13.1. The van der Waals surface area contributed by atoms with E-state index in [9.17, 15) is 13.2 Å². The van der Waals surface area contributed by atoms with E-state index < -0.39 is 10.0 Å². The second kappa shape index (κ2) is 9.07. The first-order chi connectivity index (χ1) is 16.0. The molecule has 1 saturated heterocycles. The number of hydrogen-bond donors (Lipinski definition) is 1. The van der Waals surface area contributed by atoms with E-state index in [0.717, 1.165) is 36.1 Å². The van der Waals surface area contributed by atoms with Crippen LogP contribution in [0.1, 0.15) is 36.0 Å². The Balaban J connectivity index is 1.19. The first kappa shape index (κ1) is 21.8. The van der Waals surface area contributed by atoms with Gasteiger partial charge in [0.25, 0.3) is 0 Å². The lowest BCUT2D eigenvalue weighted by molar-refractivity contribution is -0.120. The number of fused-ring (bicyclic) bond motifs is 1. The van der Waals surface area contributed by atoms with Crippen LogP contribution in [0.5, 0.6) is 0 Å². The maximum absolute atomic E-state index is 13.1. The van der Waals surface area contributed by atoms with Crippen LogP contribution in [0.15, 0.2) is 60.0 Å². The van der Waals surface area contributed by atoms with Crippen LogP contribution >= 0.6 is 0 Å². The number of carbonyl (C=O) groups is 1. The largest absolute Gasteiger partial charge is 0.326 e. The van der Waals surface area contributed by atoms with E-state index >= 15 is 0 Å². The topological polar surface area (TPSA) is 97.2 Å². The van der Waals surface area contributed by atoms with Crippen molar-refractivity contribution in [3.63, 3.8) is 0 Å². The predicted molar refractivity (Wildman–Crippen MR) is 124 cm³/mol. The molecule has 1 aliphatic heterocycles. The van der Waals surface area contributed by atoms with Gasteiger partial charge in [-0.15, -0.1) is 0 Å². The van der Waals surface area contributed by atoms with E-state index in [2.05, 4.69) is 15.4 Å². The summed E-state index contributed by atoms with van der Waals surface area (Å²) in [7, 11) is -3.53. The Morgan fingerprint density at radius 1 is 1.06 bits per heavy atom. The molecule has 5 rings (SSSR count). The Morgan fingerprint density at radius 2 is 1.88 bits per heavy atom. The van der Waals surface area contributed by atoms with Gasteiger partial charge in [-0.3, -0.25) is 4.79 Å². The number of hydrogen-bond acceptors (Lipinski definition) is 5. The molecule has 172 valence electrons. The second-order valence-electron chi connectivity index (χ2n) is 8.75. The summed E-state index contributed by atoms with van der Waals surface area (Å²) in [4.78, 5) is 17.2. The summed E-state index contributed by atoms with van der Waals surface area (Å²) in [6, 6.07) is 13.2. The minimum absolute atomic E-state index is 0.0671. The van der Waals surface area contributed by atoms with Crippen LogP contribution in [0.3, 0.4) is 0 Å². The second-order valence-corrected chi connectivity index (χ2v) is 10.7. The number of sulfonamides is 1. The average molecular weight is 466 g/mol. The molecule has 1 amide bonds. The summed E-state index contributed by atoms with van der Waals surface area (Å²) < 4.78 is 29.5. The van der Waals surface area contributed by atoms with E-state index in [-0.39, 0.29) is 11.8 Å². The molecule has 0 bridgehead atoms. The van der Waals surface area contributed by atoms with Gasteiger partial charge in [-0.05, 0) is 73.1 Å². The fourth-order valence-corrected chi connectivity index (χ4v) is 6.23. The fraction of sp³-hybridized carbons (Fsp3) is 0.375. The van der Waals surface area contributed by atoms with Crippen LogP contribution in [0.2, 0.25) is 0 Å². The smallest absolute Gasteiger partial charge is 0.243 e. The molecular formula is C24H27N5O3S. The summed E-state index contributed by atoms with van der Waals surface area (Å²) in [5, 5.41) is 7.10. The molecule has 2 heterocycles. The Bertz CT molecular complexity index is 1250. The third-order valence-corrected chi connectivity index (χ3v) is 8.43. The van der Waals surface area contributed by atoms with Crippen LogP contribution in [0, 0.1) is 5.92 Å². The van der Waals surface area contributed by atoms with E-state index in [4.69, 9.17) is 0 Å². The van der Waals surface area contributed by atoms with E-state index in [1.807, 2.05) is 36.4 Å². The number of benzene rings is 2. The van der Waals surface area contributed by atoms with Crippen molar-refractivity contribution in [1.29, 1.82) is 0 Å². The number of nitrogens with zero attached hydrogens (tertiary/aromatic N) is 4. The molecule has 0 unspecified atom stereocenters. The summed E-state index contributed by atoms with van der Waals surface area (Å²) in [5.74, 6) is -0.280. The molecule has 8 nitrogen and oxygen atoms in total. The van der Waals surface area contributed by atoms with Crippen molar-refractivity contribution in [3.8, 4) is 0 Å². The van der Waals surface area contributed by atoms with Gasteiger partial charge in [0.15, 0.2) is 0 Å². The van der Waals surface area contributed by atoms with Gasteiger partial charge in [-0.1, -0.05) is 18.2 Å². The normalized spacial score (nSPS) is 17.1. The molecule has 1 aromatic heterocycles. The summed E-state index contributed by atoms with van der Waals surface area (Å²) in [6.07, 6.45) is 7.21. The van der Waals surface area contributed by atoms with Crippen LogP contribution in [0.4, 0.5) is 5.69 Å². The molecular weight excluding hydrogens is 438 g/mol. The predicted octanol–water partition coefficient (Wildman–Crippen LogP) is 2.85. The van der Waals surface area contributed by atoms with E-state index in [1.165, 1.54) is 16.2 Å². The van der Waals surface area contributed by atoms with Gasteiger partial charge in [0.1, 0.15) is 12.7 Å². The molecule has 1 aliphatic carbocycles. The molecule has 0 spiro atoms. The van der Waals surface area contributed by atoms with Crippen molar-refractivity contribution in [2.45, 2.75) is 43.5 Å². The number of piperidine rings is 1. The lowest BCUT2D eigenvalue weighted by Crippen LogP contribution is -2.41. The maximum Gasteiger partial charge on any atom is 0.243 e. The Labute approximate surface area is 193 Å². The molecule has 3 aromatic rings. The number of aryl methyl sites for hydroxylation is 2. The lowest BCUT2D eigenvalue weighted by Gasteiger charge is -2.30. The highest BCUT2D eigenvalue weighted by atomic mass is 32.2. The number of aromatic nitrogens is 3. The minimum atomic E-state index is -3.53. The van der Waals surface area contributed by atoms with Crippen molar-refractivity contribution in [2.75, 3.05) is 18.4 Å². The van der Waals surface area contributed by atoms with Gasteiger partial charge in [0.05, 0.1) is 11.4 Å². The fourth-order valence-electron chi connectivity index (χ4n) is 4.71. The quantitative estimate of drug-likeness (QED) is 0.604. The number of rotatable bonds is 6. The SMILES string of the molecule is O=C(Nc1cccc(Cn2cncn2)c1)C1CCN(S(=O)(=O)c2ccc3c(c2)CCC3)CC1. The zero-order valence-electron chi connectivity index (χ0n) is 18.4. The molecule has 0 radical (unpaired) electrons. The molecule has 9 heteroatoms. The summed E-state index contributed by atoms with van der Waals surface area (Å²) in [6.45, 7) is 1.27. The molecule has 2 aliphatic rings. The molecule has 0 atom stereocenters. The van der Waals surface area contributed by atoms with Crippen molar-refractivity contribution in [2.24, 2.45) is 5.92 Å². The number of anilines is 1. The Hall–Kier alpha value is -3.04. The van der Waals surface area contributed by atoms with Crippen LogP contribution in [-0.4, -0.2) is 46.5 Å². The summed E-state index contributed by atoms with van der Waals surface area (Å²) >= 11 is 0. The van der Waals surface area contributed by atoms with Crippen molar-refractivity contribution in [1.82, 2.24) is 19.1 Å². The van der Waals surface area contributed by atoms with Gasteiger partial charge in [-0.2, -0.15) is 9.40 Å².